The third kappa shape index (κ3) is 3.99. The molecule has 2 rings (SSSR count). The molecule has 1 aromatic rings. The number of nitrogens with zero attached hydrogens (tertiary/aromatic N) is 1. The lowest BCUT2D eigenvalue weighted by atomic mass is 10.1. The molecular formula is C14H18N2O2S. The van der Waals surface area contributed by atoms with Crippen molar-refractivity contribution in [1.29, 1.82) is 0 Å². The number of esters is 1. The van der Waals surface area contributed by atoms with Crippen LogP contribution in [0, 0.1) is 0 Å². The molecule has 0 saturated carbocycles. The summed E-state index contributed by atoms with van der Waals surface area (Å²) in [5.41, 5.74) is 4.81. The molecule has 1 saturated heterocycles. The van der Waals surface area contributed by atoms with Crippen molar-refractivity contribution in [3.8, 4) is 0 Å². The zero-order valence-corrected chi connectivity index (χ0v) is 11.8. The zero-order chi connectivity index (χ0) is 13.5. The van der Waals surface area contributed by atoms with Gasteiger partial charge in [-0.25, -0.2) is 0 Å². The van der Waals surface area contributed by atoms with Gasteiger partial charge in [0.15, 0.2) is 0 Å². The Labute approximate surface area is 117 Å². The van der Waals surface area contributed by atoms with Crippen molar-refractivity contribution >= 4 is 29.1 Å². The van der Waals surface area contributed by atoms with Gasteiger partial charge in [-0.3, -0.25) is 10.2 Å². The van der Waals surface area contributed by atoms with Gasteiger partial charge in [-0.1, -0.05) is 18.2 Å². The van der Waals surface area contributed by atoms with E-state index in [-0.39, 0.29) is 11.2 Å². The van der Waals surface area contributed by atoms with Gasteiger partial charge in [-0.15, -0.1) is 11.8 Å². The molecule has 102 valence electrons. The quantitative estimate of drug-likeness (QED) is 0.679. The summed E-state index contributed by atoms with van der Waals surface area (Å²) in [4.78, 5) is 11.9. The molecule has 1 heterocycles. The zero-order valence-electron chi connectivity index (χ0n) is 11.0. The van der Waals surface area contributed by atoms with Gasteiger partial charge in [-0.05, 0) is 37.7 Å². The number of hydrazone groups is 1. The van der Waals surface area contributed by atoms with Crippen molar-refractivity contribution in [2.75, 3.05) is 17.8 Å². The second-order valence-electron chi connectivity index (χ2n) is 4.19. The van der Waals surface area contributed by atoms with Gasteiger partial charge in [0.05, 0.1) is 18.0 Å². The van der Waals surface area contributed by atoms with E-state index >= 15 is 0 Å². The Bertz CT molecular complexity index is 448. The SMILES string of the molecule is CCOC(=O)C1SCCC/C1=N\Nc1ccccc1. The van der Waals surface area contributed by atoms with Crippen molar-refractivity contribution in [3.05, 3.63) is 30.3 Å². The predicted octanol–water partition coefficient (Wildman–Crippen LogP) is 2.91. The number of hydrogen-bond acceptors (Lipinski definition) is 5. The molecule has 4 nitrogen and oxygen atoms in total. The van der Waals surface area contributed by atoms with Gasteiger partial charge in [0.1, 0.15) is 5.25 Å². The van der Waals surface area contributed by atoms with Crippen LogP contribution in [0.5, 0.6) is 0 Å². The van der Waals surface area contributed by atoms with Gasteiger partial charge in [-0.2, -0.15) is 5.10 Å². The first-order chi connectivity index (χ1) is 9.31. The van der Waals surface area contributed by atoms with Crippen molar-refractivity contribution < 1.29 is 9.53 Å². The minimum atomic E-state index is -0.259. The number of hydrogen-bond donors (Lipinski definition) is 1. The molecule has 1 N–H and O–H groups in total. The van der Waals surface area contributed by atoms with Crippen LogP contribution >= 0.6 is 11.8 Å². The Morgan fingerprint density at radius 3 is 3.00 bits per heavy atom. The van der Waals surface area contributed by atoms with Crippen LogP contribution in [0.4, 0.5) is 5.69 Å². The number of anilines is 1. The molecule has 1 fully saturated rings. The fraction of sp³-hybridized carbons (Fsp3) is 0.429. The van der Waals surface area contributed by atoms with Crippen LogP contribution in [0.2, 0.25) is 0 Å². The van der Waals surface area contributed by atoms with Gasteiger partial charge in [0.2, 0.25) is 0 Å². The molecule has 0 spiro atoms. The number of nitrogens with one attached hydrogen (secondary N) is 1. The second kappa shape index (κ2) is 7.19. The molecule has 0 amide bonds. The number of ether oxygens (including phenoxy) is 1. The Morgan fingerprint density at radius 1 is 1.47 bits per heavy atom. The largest absolute Gasteiger partial charge is 0.465 e. The lowest BCUT2D eigenvalue weighted by Crippen LogP contribution is -2.33. The number of rotatable bonds is 4. The standard InChI is InChI=1S/C14H18N2O2S/c1-2-18-14(17)13-12(9-6-10-19-13)16-15-11-7-4-3-5-8-11/h3-5,7-8,13,15H,2,6,9-10H2,1H3/b16-12+. The summed E-state index contributed by atoms with van der Waals surface area (Å²) in [7, 11) is 0. The van der Waals surface area contributed by atoms with Crippen LogP contribution in [0.15, 0.2) is 35.4 Å². The van der Waals surface area contributed by atoms with E-state index in [0.717, 1.165) is 30.0 Å². The molecule has 1 unspecified atom stereocenters. The van der Waals surface area contributed by atoms with Gasteiger partial charge in [0.25, 0.3) is 0 Å². The third-order valence-corrected chi connectivity index (χ3v) is 4.09. The third-order valence-electron chi connectivity index (χ3n) is 2.77. The highest BCUT2D eigenvalue weighted by Crippen LogP contribution is 2.24. The van der Waals surface area contributed by atoms with Crippen molar-refractivity contribution in [2.45, 2.75) is 25.0 Å². The summed E-state index contributed by atoms with van der Waals surface area (Å²) in [6.07, 6.45) is 1.90. The van der Waals surface area contributed by atoms with E-state index in [1.807, 2.05) is 37.3 Å². The maximum Gasteiger partial charge on any atom is 0.324 e. The van der Waals surface area contributed by atoms with E-state index < -0.39 is 0 Å². The highest BCUT2D eigenvalue weighted by atomic mass is 32.2. The lowest BCUT2D eigenvalue weighted by Gasteiger charge is -2.21. The normalized spacial score (nSPS) is 21.1. The molecule has 0 radical (unpaired) electrons. The molecular weight excluding hydrogens is 260 g/mol. The number of para-hydroxylation sites is 1. The number of thioether (sulfide) groups is 1. The predicted molar refractivity (Wildman–Crippen MR) is 79.6 cm³/mol. The van der Waals surface area contributed by atoms with Crippen LogP contribution in [0.1, 0.15) is 19.8 Å². The Balaban J connectivity index is 2.04. The van der Waals surface area contributed by atoms with Gasteiger partial charge in [0, 0.05) is 0 Å². The number of carbonyl (C=O) groups is 1. The van der Waals surface area contributed by atoms with E-state index in [1.165, 1.54) is 0 Å². The van der Waals surface area contributed by atoms with Crippen molar-refractivity contribution in [1.82, 2.24) is 0 Å². The molecule has 0 aliphatic carbocycles. The minimum Gasteiger partial charge on any atom is -0.465 e. The van der Waals surface area contributed by atoms with E-state index in [4.69, 9.17) is 4.74 Å². The highest BCUT2D eigenvalue weighted by molar-refractivity contribution is 8.01. The highest BCUT2D eigenvalue weighted by Gasteiger charge is 2.29. The summed E-state index contributed by atoms with van der Waals surface area (Å²) in [6, 6.07) is 9.73. The monoisotopic (exact) mass is 278 g/mol. The molecule has 5 heteroatoms. The Hall–Kier alpha value is -1.49. The average Bonchev–Trinajstić information content (AvgIpc) is 2.47. The molecule has 1 atom stereocenters. The summed E-state index contributed by atoms with van der Waals surface area (Å²) in [5, 5.41) is 4.12. The first kappa shape index (κ1) is 13.9. The maximum absolute atomic E-state index is 11.9. The molecule has 1 aliphatic rings. The number of carbonyl (C=O) groups excluding carboxylic acids is 1. The Morgan fingerprint density at radius 2 is 2.26 bits per heavy atom. The number of benzene rings is 1. The summed E-state index contributed by atoms with van der Waals surface area (Å²) >= 11 is 1.61. The Kier molecular flexibility index (Phi) is 5.27. The van der Waals surface area contributed by atoms with E-state index in [9.17, 15) is 4.79 Å². The first-order valence-corrected chi connectivity index (χ1v) is 7.52. The van der Waals surface area contributed by atoms with E-state index in [2.05, 4.69) is 10.5 Å². The smallest absolute Gasteiger partial charge is 0.324 e. The second-order valence-corrected chi connectivity index (χ2v) is 5.40. The van der Waals surface area contributed by atoms with Crippen LogP contribution in [-0.2, 0) is 9.53 Å². The van der Waals surface area contributed by atoms with E-state index in [0.29, 0.717) is 6.61 Å². The maximum atomic E-state index is 11.9. The van der Waals surface area contributed by atoms with Gasteiger partial charge < -0.3 is 4.74 Å². The summed E-state index contributed by atoms with van der Waals surface area (Å²) < 4.78 is 5.10. The topological polar surface area (TPSA) is 50.7 Å². The van der Waals surface area contributed by atoms with Crippen LogP contribution < -0.4 is 5.43 Å². The van der Waals surface area contributed by atoms with Crippen LogP contribution in [0.3, 0.4) is 0 Å². The molecule has 0 aromatic heterocycles. The van der Waals surface area contributed by atoms with Crippen molar-refractivity contribution in [3.63, 3.8) is 0 Å². The molecule has 19 heavy (non-hydrogen) atoms. The molecule has 1 aromatic carbocycles. The summed E-state index contributed by atoms with van der Waals surface area (Å²) in [5.74, 6) is 0.800. The fourth-order valence-electron chi connectivity index (χ4n) is 1.87. The van der Waals surface area contributed by atoms with Crippen LogP contribution in [-0.4, -0.2) is 29.3 Å². The minimum absolute atomic E-state index is 0.180. The first-order valence-electron chi connectivity index (χ1n) is 6.47. The van der Waals surface area contributed by atoms with Crippen molar-refractivity contribution in [2.24, 2.45) is 5.10 Å². The fourth-order valence-corrected chi connectivity index (χ4v) is 2.98. The van der Waals surface area contributed by atoms with E-state index in [1.54, 1.807) is 11.8 Å². The lowest BCUT2D eigenvalue weighted by molar-refractivity contribution is -0.141. The van der Waals surface area contributed by atoms with Gasteiger partial charge >= 0.3 is 5.97 Å². The molecule has 0 bridgehead atoms. The summed E-state index contributed by atoms with van der Waals surface area (Å²) in [6.45, 7) is 2.24. The molecule has 1 aliphatic heterocycles. The average molecular weight is 278 g/mol. The van der Waals surface area contributed by atoms with Crippen LogP contribution in [0.25, 0.3) is 0 Å².